The summed E-state index contributed by atoms with van der Waals surface area (Å²) in [5, 5.41) is 4.00. The van der Waals surface area contributed by atoms with Crippen molar-refractivity contribution in [2.24, 2.45) is 7.05 Å². The number of halogens is 1. The van der Waals surface area contributed by atoms with E-state index >= 15 is 0 Å². The van der Waals surface area contributed by atoms with Gasteiger partial charge in [0.2, 0.25) is 5.89 Å². The summed E-state index contributed by atoms with van der Waals surface area (Å²) < 4.78 is 9.41. The third-order valence-corrected chi connectivity index (χ3v) is 4.54. The number of rotatable bonds is 5. The summed E-state index contributed by atoms with van der Waals surface area (Å²) in [6, 6.07) is 8.10. The van der Waals surface area contributed by atoms with Crippen LogP contribution in [0.1, 0.15) is 17.3 Å². The fraction of sp³-hybridized carbons (Fsp3) is 0.235. The van der Waals surface area contributed by atoms with Crippen molar-refractivity contribution in [2.45, 2.75) is 19.4 Å². The van der Waals surface area contributed by atoms with Crippen LogP contribution < -0.4 is 5.56 Å². The second-order valence-electron chi connectivity index (χ2n) is 5.94. The van der Waals surface area contributed by atoms with Gasteiger partial charge >= 0.3 is 0 Å². The van der Waals surface area contributed by atoms with Gasteiger partial charge in [0.25, 0.3) is 5.56 Å². The number of nitrogens with zero attached hydrogens (tertiary/aromatic N) is 6. The Morgan fingerprint density at radius 2 is 2.04 bits per heavy atom. The number of fused-ring (bicyclic) bond motifs is 1. The standard InChI is InChI=1S/C17H15BrN6O2/c1-23-9-19-16-15(23)17(25)24(10-20-16)8-14-21-13(22-26-14)6-5-11-3-2-4-12(18)7-11/h2-4,7,9-10H,5-6,8H2,1H3. The van der Waals surface area contributed by atoms with Gasteiger partial charge in [0.05, 0.1) is 6.33 Å². The van der Waals surface area contributed by atoms with Crippen LogP contribution in [0.2, 0.25) is 0 Å². The molecule has 9 heteroatoms. The van der Waals surface area contributed by atoms with E-state index in [1.165, 1.54) is 16.5 Å². The molecule has 132 valence electrons. The van der Waals surface area contributed by atoms with Gasteiger partial charge in [-0.15, -0.1) is 0 Å². The maximum atomic E-state index is 12.5. The third kappa shape index (κ3) is 3.30. The van der Waals surface area contributed by atoms with Crippen LogP contribution in [-0.2, 0) is 26.4 Å². The predicted octanol–water partition coefficient (Wildman–Crippen LogP) is 2.11. The molecule has 4 aromatic rings. The molecule has 0 aliphatic carbocycles. The molecule has 0 atom stereocenters. The topological polar surface area (TPSA) is 91.6 Å². The van der Waals surface area contributed by atoms with Crippen LogP contribution in [0.3, 0.4) is 0 Å². The molecule has 0 saturated carbocycles. The van der Waals surface area contributed by atoms with Crippen molar-refractivity contribution in [2.75, 3.05) is 0 Å². The van der Waals surface area contributed by atoms with E-state index in [0.717, 1.165) is 10.9 Å². The minimum absolute atomic E-state index is 0.177. The van der Waals surface area contributed by atoms with Crippen molar-refractivity contribution in [3.8, 4) is 0 Å². The Morgan fingerprint density at radius 1 is 1.19 bits per heavy atom. The van der Waals surface area contributed by atoms with Gasteiger partial charge in [-0.05, 0) is 24.1 Å². The average molecular weight is 415 g/mol. The minimum atomic E-state index is -0.191. The predicted molar refractivity (Wildman–Crippen MR) is 97.7 cm³/mol. The molecule has 0 bridgehead atoms. The van der Waals surface area contributed by atoms with Crippen LogP contribution in [0.25, 0.3) is 11.2 Å². The van der Waals surface area contributed by atoms with Crippen molar-refractivity contribution in [1.82, 2.24) is 29.2 Å². The van der Waals surface area contributed by atoms with Crippen LogP contribution in [0.4, 0.5) is 0 Å². The molecule has 0 saturated heterocycles. The van der Waals surface area contributed by atoms with E-state index in [4.69, 9.17) is 4.52 Å². The Morgan fingerprint density at radius 3 is 2.88 bits per heavy atom. The number of benzene rings is 1. The van der Waals surface area contributed by atoms with E-state index in [0.29, 0.717) is 29.3 Å². The SMILES string of the molecule is Cn1cnc2ncn(Cc3nc(CCc4cccc(Br)c4)no3)c(=O)c21. The molecule has 0 radical (unpaired) electrons. The van der Waals surface area contributed by atoms with E-state index in [1.54, 1.807) is 17.9 Å². The molecular formula is C17H15BrN6O2. The molecule has 0 N–H and O–H groups in total. The highest BCUT2D eigenvalue weighted by Crippen LogP contribution is 2.13. The van der Waals surface area contributed by atoms with Crippen molar-refractivity contribution in [1.29, 1.82) is 0 Å². The summed E-state index contributed by atoms with van der Waals surface area (Å²) in [4.78, 5) is 25.2. The van der Waals surface area contributed by atoms with Gasteiger partial charge in [0, 0.05) is 17.9 Å². The molecule has 0 aliphatic rings. The third-order valence-electron chi connectivity index (χ3n) is 4.04. The average Bonchev–Trinajstić information content (AvgIpc) is 3.23. The Balaban J connectivity index is 1.49. The molecule has 3 aromatic heterocycles. The Bertz CT molecular complexity index is 1130. The fourth-order valence-electron chi connectivity index (χ4n) is 2.73. The van der Waals surface area contributed by atoms with E-state index in [2.05, 4.69) is 48.2 Å². The van der Waals surface area contributed by atoms with Gasteiger partial charge < -0.3 is 9.09 Å². The van der Waals surface area contributed by atoms with Crippen LogP contribution in [-0.4, -0.2) is 29.2 Å². The van der Waals surface area contributed by atoms with Crippen molar-refractivity contribution < 1.29 is 4.52 Å². The van der Waals surface area contributed by atoms with Crippen LogP contribution in [0.5, 0.6) is 0 Å². The van der Waals surface area contributed by atoms with Gasteiger partial charge in [-0.25, -0.2) is 9.97 Å². The number of imidazole rings is 1. The van der Waals surface area contributed by atoms with Crippen molar-refractivity contribution in [3.63, 3.8) is 0 Å². The lowest BCUT2D eigenvalue weighted by atomic mass is 10.1. The summed E-state index contributed by atoms with van der Waals surface area (Å²) in [6.45, 7) is 0.177. The Labute approximate surface area is 156 Å². The number of hydrogen-bond acceptors (Lipinski definition) is 6. The van der Waals surface area contributed by atoms with E-state index in [9.17, 15) is 4.79 Å². The maximum absolute atomic E-state index is 12.5. The largest absolute Gasteiger partial charge is 0.337 e. The summed E-state index contributed by atoms with van der Waals surface area (Å²) >= 11 is 3.46. The van der Waals surface area contributed by atoms with E-state index < -0.39 is 0 Å². The lowest BCUT2D eigenvalue weighted by molar-refractivity contribution is 0.364. The summed E-state index contributed by atoms with van der Waals surface area (Å²) in [6.07, 6.45) is 4.48. The molecule has 3 heterocycles. The molecule has 0 spiro atoms. The van der Waals surface area contributed by atoms with Gasteiger partial charge in [-0.2, -0.15) is 4.98 Å². The number of aryl methyl sites for hydroxylation is 3. The highest BCUT2D eigenvalue weighted by Gasteiger charge is 2.12. The highest BCUT2D eigenvalue weighted by molar-refractivity contribution is 9.10. The first-order valence-electron chi connectivity index (χ1n) is 8.02. The molecule has 0 fully saturated rings. The lowest BCUT2D eigenvalue weighted by Gasteiger charge is -2.01. The molecule has 26 heavy (non-hydrogen) atoms. The Kier molecular flexibility index (Phi) is 4.37. The molecule has 0 aliphatic heterocycles. The minimum Gasteiger partial charge on any atom is -0.337 e. The fourth-order valence-corrected chi connectivity index (χ4v) is 3.18. The second kappa shape index (κ2) is 6.83. The van der Waals surface area contributed by atoms with Gasteiger partial charge in [-0.3, -0.25) is 9.36 Å². The zero-order chi connectivity index (χ0) is 18.1. The molecule has 0 amide bonds. The molecule has 0 unspecified atom stereocenters. The lowest BCUT2D eigenvalue weighted by Crippen LogP contribution is -2.22. The van der Waals surface area contributed by atoms with Gasteiger partial charge in [-0.1, -0.05) is 33.2 Å². The molecule has 4 rings (SSSR count). The van der Waals surface area contributed by atoms with Crippen molar-refractivity contribution >= 4 is 27.1 Å². The second-order valence-corrected chi connectivity index (χ2v) is 6.86. The monoisotopic (exact) mass is 414 g/mol. The van der Waals surface area contributed by atoms with E-state index in [1.807, 2.05) is 12.1 Å². The normalized spacial score (nSPS) is 11.3. The maximum Gasteiger partial charge on any atom is 0.280 e. The first-order chi connectivity index (χ1) is 12.6. The zero-order valence-corrected chi connectivity index (χ0v) is 15.5. The van der Waals surface area contributed by atoms with Crippen LogP contribution >= 0.6 is 15.9 Å². The quantitative estimate of drug-likeness (QED) is 0.496. The molecule has 1 aromatic carbocycles. The van der Waals surface area contributed by atoms with Crippen molar-refractivity contribution in [3.05, 3.63) is 69.0 Å². The number of aromatic nitrogens is 6. The van der Waals surface area contributed by atoms with E-state index in [-0.39, 0.29) is 12.1 Å². The summed E-state index contributed by atoms with van der Waals surface area (Å²) in [7, 11) is 1.76. The number of hydrogen-bond donors (Lipinski definition) is 0. The van der Waals surface area contributed by atoms with Crippen LogP contribution in [0.15, 0.2) is 50.7 Å². The summed E-state index contributed by atoms with van der Waals surface area (Å²) in [5.41, 5.74) is 1.87. The smallest absolute Gasteiger partial charge is 0.280 e. The summed E-state index contributed by atoms with van der Waals surface area (Å²) in [5.74, 6) is 0.988. The van der Waals surface area contributed by atoms with Crippen LogP contribution in [0, 0.1) is 0 Å². The molecule has 8 nitrogen and oxygen atoms in total. The first-order valence-corrected chi connectivity index (χ1v) is 8.82. The first kappa shape index (κ1) is 16.6. The highest BCUT2D eigenvalue weighted by atomic mass is 79.9. The Hall–Kier alpha value is -2.81. The molecular weight excluding hydrogens is 400 g/mol. The zero-order valence-electron chi connectivity index (χ0n) is 14.0. The van der Waals surface area contributed by atoms with Gasteiger partial charge in [0.15, 0.2) is 17.0 Å². The van der Waals surface area contributed by atoms with Gasteiger partial charge in [0.1, 0.15) is 12.9 Å².